The molecule has 0 aliphatic carbocycles. The number of para-hydroxylation sites is 1. The van der Waals surface area contributed by atoms with Crippen molar-refractivity contribution < 1.29 is 9.63 Å². The zero-order chi connectivity index (χ0) is 11.0. The summed E-state index contributed by atoms with van der Waals surface area (Å²) in [4.78, 5) is 16.7. The lowest BCUT2D eigenvalue weighted by Gasteiger charge is -2.05. The number of hydrogen-bond donors (Lipinski definition) is 1. The average Bonchev–Trinajstić information content (AvgIpc) is 2.49. The first-order valence-corrected chi connectivity index (χ1v) is 5.02. The first kappa shape index (κ1) is 8.97. The van der Waals surface area contributed by atoms with Gasteiger partial charge in [-0.05, 0) is 17.7 Å². The maximum absolute atomic E-state index is 11.7. The normalized spacial score (nSPS) is 12.9. The molecule has 0 amide bonds. The molecule has 2 aromatic carbocycles. The van der Waals surface area contributed by atoms with Gasteiger partial charge in [0.25, 0.3) is 0 Å². The Labute approximate surface area is 92.6 Å². The van der Waals surface area contributed by atoms with Crippen molar-refractivity contribution in [3.05, 3.63) is 54.1 Å². The summed E-state index contributed by atoms with van der Waals surface area (Å²) in [7, 11) is 0. The first-order valence-electron chi connectivity index (χ1n) is 5.02. The Morgan fingerprint density at radius 3 is 2.25 bits per heavy atom. The van der Waals surface area contributed by atoms with Gasteiger partial charge in [0.2, 0.25) is 0 Å². The summed E-state index contributed by atoms with van der Waals surface area (Å²) in [5.74, 6) is -0.355. The number of nitrogens with one attached hydrogen (secondary N) is 1. The van der Waals surface area contributed by atoms with Crippen molar-refractivity contribution in [2.45, 2.75) is 0 Å². The lowest BCUT2D eigenvalue weighted by Crippen LogP contribution is -2.08. The van der Waals surface area contributed by atoms with Gasteiger partial charge in [0.15, 0.2) is 0 Å². The van der Waals surface area contributed by atoms with Crippen LogP contribution in [0.1, 0.15) is 10.4 Å². The van der Waals surface area contributed by atoms with Crippen molar-refractivity contribution in [3.63, 3.8) is 0 Å². The number of fused-ring (bicyclic) bond motifs is 3. The standard InChI is InChI=1S/C13H9NO2/c15-13-11-7-2-1-5-9(11)10-6-3-4-8-12(10)14-16-13/h1-8,14H. The molecule has 3 rings (SSSR count). The summed E-state index contributed by atoms with van der Waals surface area (Å²) >= 11 is 0. The molecular weight excluding hydrogens is 202 g/mol. The van der Waals surface area contributed by atoms with E-state index in [0.717, 1.165) is 16.8 Å². The number of hydrogen-bond acceptors (Lipinski definition) is 3. The van der Waals surface area contributed by atoms with Crippen LogP contribution in [0.25, 0.3) is 11.1 Å². The molecule has 1 N–H and O–H groups in total. The lowest BCUT2D eigenvalue weighted by molar-refractivity contribution is 0.0600. The minimum absolute atomic E-state index is 0.355. The molecular formula is C13H9NO2. The third-order valence-electron chi connectivity index (χ3n) is 2.62. The van der Waals surface area contributed by atoms with Gasteiger partial charge in [-0.25, -0.2) is 10.3 Å². The highest BCUT2D eigenvalue weighted by Gasteiger charge is 2.19. The number of benzene rings is 2. The third-order valence-corrected chi connectivity index (χ3v) is 2.62. The summed E-state index contributed by atoms with van der Waals surface area (Å²) in [5, 5.41) is 0. The second kappa shape index (κ2) is 3.38. The van der Waals surface area contributed by atoms with Gasteiger partial charge >= 0.3 is 5.97 Å². The van der Waals surface area contributed by atoms with Crippen LogP contribution in [0.3, 0.4) is 0 Å². The Morgan fingerprint density at radius 2 is 1.44 bits per heavy atom. The Morgan fingerprint density at radius 1 is 0.812 bits per heavy atom. The minimum Gasteiger partial charge on any atom is -0.338 e. The highest BCUT2D eigenvalue weighted by Crippen LogP contribution is 2.33. The van der Waals surface area contributed by atoms with E-state index in [1.165, 1.54) is 0 Å². The fraction of sp³-hybridized carbons (Fsp3) is 0. The Kier molecular flexibility index (Phi) is 1.90. The van der Waals surface area contributed by atoms with Gasteiger partial charge in [0.05, 0.1) is 11.3 Å². The summed E-state index contributed by atoms with van der Waals surface area (Å²) in [6.07, 6.45) is 0. The maximum atomic E-state index is 11.7. The van der Waals surface area contributed by atoms with E-state index in [4.69, 9.17) is 4.84 Å². The molecule has 0 saturated heterocycles. The Bertz CT molecular complexity index is 563. The predicted molar refractivity (Wildman–Crippen MR) is 60.9 cm³/mol. The second-order valence-corrected chi connectivity index (χ2v) is 3.58. The van der Waals surface area contributed by atoms with Crippen LogP contribution in [-0.4, -0.2) is 5.97 Å². The molecule has 0 aromatic heterocycles. The maximum Gasteiger partial charge on any atom is 0.363 e. The van der Waals surface area contributed by atoms with E-state index in [0.29, 0.717) is 5.56 Å². The van der Waals surface area contributed by atoms with Crippen molar-refractivity contribution in [2.75, 3.05) is 5.48 Å². The number of rotatable bonds is 0. The average molecular weight is 211 g/mol. The van der Waals surface area contributed by atoms with Crippen LogP contribution in [0.4, 0.5) is 5.69 Å². The quantitative estimate of drug-likeness (QED) is 0.728. The molecule has 2 aromatic rings. The molecule has 16 heavy (non-hydrogen) atoms. The van der Waals surface area contributed by atoms with Crippen LogP contribution < -0.4 is 5.48 Å². The van der Waals surface area contributed by atoms with E-state index < -0.39 is 0 Å². The van der Waals surface area contributed by atoms with Gasteiger partial charge in [0, 0.05) is 5.56 Å². The van der Waals surface area contributed by atoms with E-state index in [9.17, 15) is 4.79 Å². The zero-order valence-electron chi connectivity index (χ0n) is 8.44. The highest BCUT2D eigenvalue weighted by molar-refractivity contribution is 6.01. The number of anilines is 1. The van der Waals surface area contributed by atoms with Gasteiger partial charge in [-0.3, -0.25) is 0 Å². The van der Waals surface area contributed by atoms with Crippen molar-refractivity contribution >= 4 is 11.7 Å². The molecule has 0 radical (unpaired) electrons. The molecule has 0 fully saturated rings. The topological polar surface area (TPSA) is 38.3 Å². The molecule has 3 nitrogen and oxygen atoms in total. The predicted octanol–water partition coefficient (Wildman–Crippen LogP) is 2.85. The molecule has 78 valence electrons. The molecule has 1 aliphatic heterocycles. The fourth-order valence-electron chi connectivity index (χ4n) is 1.86. The highest BCUT2D eigenvalue weighted by atomic mass is 16.7. The van der Waals surface area contributed by atoms with Gasteiger partial charge < -0.3 is 4.84 Å². The molecule has 3 heteroatoms. The SMILES string of the molecule is O=C1ONc2ccccc2-c2ccccc21. The fourth-order valence-corrected chi connectivity index (χ4v) is 1.86. The van der Waals surface area contributed by atoms with Crippen molar-refractivity contribution in [3.8, 4) is 11.1 Å². The van der Waals surface area contributed by atoms with Crippen LogP contribution >= 0.6 is 0 Å². The van der Waals surface area contributed by atoms with Crippen LogP contribution in [0.15, 0.2) is 48.5 Å². The zero-order valence-corrected chi connectivity index (χ0v) is 8.44. The molecule has 0 atom stereocenters. The Balaban J connectivity index is 2.32. The number of carbonyl (C=O) groups excluding carboxylic acids is 1. The van der Waals surface area contributed by atoms with Crippen molar-refractivity contribution in [1.82, 2.24) is 0 Å². The molecule has 0 unspecified atom stereocenters. The van der Waals surface area contributed by atoms with E-state index in [-0.39, 0.29) is 5.97 Å². The monoisotopic (exact) mass is 211 g/mol. The molecule has 0 saturated carbocycles. The summed E-state index contributed by atoms with van der Waals surface area (Å²) in [5.41, 5.74) is 5.93. The van der Waals surface area contributed by atoms with Gasteiger partial charge in [-0.2, -0.15) is 0 Å². The van der Waals surface area contributed by atoms with Gasteiger partial charge in [-0.15, -0.1) is 0 Å². The lowest BCUT2D eigenvalue weighted by atomic mass is 9.99. The Hall–Kier alpha value is -2.29. The molecule has 1 aliphatic rings. The van der Waals surface area contributed by atoms with Crippen LogP contribution in [-0.2, 0) is 4.84 Å². The summed E-state index contributed by atoms with van der Waals surface area (Å²) in [6.45, 7) is 0. The van der Waals surface area contributed by atoms with Crippen molar-refractivity contribution in [2.24, 2.45) is 0 Å². The van der Waals surface area contributed by atoms with Gasteiger partial charge in [-0.1, -0.05) is 36.4 Å². The molecule has 0 spiro atoms. The minimum atomic E-state index is -0.355. The summed E-state index contributed by atoms with van der Waals surface area (Å²) in [6, 6.07) is 15.1. The van der Waals surface area contributed by atoms with E-state index in [1.54, 1.807) is 6.07 Å². The van der Waals surface area contributed by atoms with E-state index >= 15 is 0 Å². The van der Waals surface area contributed by atoms with E-state index in [1.807, 2.05) is 42.5 Å². The largest absolute Gasteiger partial charge is 0.363 e. The summed E-state index contributed by atoms with van der Waals surface area (Å²) < 4.78 is 0. The van der Waals surface area contributed by atoms with Crippen LogP contribution in [0.2, 0.25) is 0 Å². The van der Waals surface area contributed by atoms with Gasteiger partial charge in [0.1, 0.15) is 0 Å². The smallest absolute Gasteiger partial charge is 0.338 e. The first-order chi connectivity index (χ1) is 7.86. The third kappa shape index (κ3) is 1.26. The van der Waals surface area contributed by atoms with E-state index in [2.05, 4.69) is 5.48 Å². The molecule has 0 bridgehead atoms. The van der Waals surface area contributed by atoms with Crippen LogP contribution in [0, 0.1) is 0 Å². The molecule has 1 heterocycles. The number of carbonyl (C=O) groups is 1. The second-order valence-electron chi connectivity index (χ2n) is 3.58. The van der Waals surface area contributed by atoms with Crippen LogP contribution in [0.5, 0.6) is 0 Å². The van der Waals surface area contributed by atoms with Crippen molar-refractivity contribution in [1.29, 1.82) is 0 Å².